The summed E-state index contributed by atoms with van der Waals surface area (Å²) in [7, 11) is 0. The Morgan fingerprint density at radius 1 is 1.00 bits per heavy atom. The van der Waals surface area contributed by atoms with E-state index >= 15 is 0 Å². The number of rotatable bonds is 2. The van der Waals surface area contributed by atoms with Gasteiger partial charge in [-0.25, -0.2) is 0 Å². The van der Waals surface area contributed by atoms with Crippen LogP contribution in [0.15, 0.2) is 0 Å². The Hall–Kier alpha value is -0.120. The zero-order valence-corrected chi connectivity index (χ0v) is 8.65. The zero-order valence-electron chi connectivity index (χ0n) is 8.65. The average Bonchev–Trinajstić information content (AvgIpc) is 2.19. The molecule has 1 saturated heterocycles. The molecule has 0 aromatic rings. The van der Waals surface area contributed by atoms with Crippen molar-refractivity contribution in [3.05, 3.63) is 0 Å². The van der Waals surface area contributed by atoms with Gasteiger partial charge < -0.3 is 14.6 Å². The molecule has 0 aromatic carbocycles. The third-order valence-electron chi connectivity index (χ3n) is 3.09. The van der Waals surface area contributed by atoms with E-state index in [4.69, 9.17) is 9.47 Å². The maximum atomic E-state index is 9.40. The van der Waals surface area contributed by atoms with Crippen LogP contribution in [0.3, 0.4) is 0 Å². The second-order valence-corrected chi connectivity index (χ2v) is 4.45. The fraction of sp³-hybridized carbons (Fsp3) is 1.00. The molecule has 2 rings (SSSR count). The van der Waals surface area contributed by atoms with Gasteiger partial charge in [0.15, 0.2) is 0 Å². The van der Waals surface area contributed by atoms with Crippen LogP contribution >= 0.6 is 0 Å². The van der Waals surface area contributed by atoms with Crippen LogP contribution in [0.5, 0.6) is 0 Å². The predicted molar refractivity (Wildman–Crippen MR) is 53.2 cm³/mol. The summed E-state index contributed by atoms with van der Waals surface area (Å²) in [5.41, 5.74) is 0. The Balaban J connectivity index is 1.72. The lowest BCUT2D eigenvalue weighted by molar-refractivity contribution is -0.126. The summed E-state index contributed by atoms with van der Waals surface area (Å²) in [5, 5.41) is 9.40. The van der Waals surface area contributed by atoms with Crippen LogP contribution in [0.25, 0.3) is 0 Å². The Morgan fingerprint density at radius 2 is 1.79 bits per heavy atom. The molecule has 0 bridgehead atoms. The molecule has 0 spiro atoms. The average molecular weight is 200 g/mol. The maximum Gasteiger partial charge on any atom is 0.0837 e. The topological polar surface area (TPSA) is 38.7 Å². The Labute approximate surface area is 85.4 Å². The van der Waals surface area contributed by atoms with Gasteiger partial charge in [0, 0.05) is 6.42 Å². The smallest absolute Gasteiger partial charge is 0.0837 e. The Morgan fingerprint density at radius 3 is 2.50 bits per heavy atom. The molecule has 1 heterocycles. The van der Waals surface area contributed by atoms with E-state index in [0.717, 1.165) is 6.42 Å². The SMILES string of the molecule is OC1COCC(OC2CCCCC2)C1. The highest BCUT2D eigenvalue weighted by Gasteiger charge is 2.25. The molecule has 1 N–H and O–H groups in total. The van der Waals surface area contributed by atoms with Crippen LogP contribution in [0.1, 0.15) is 38.5 Å². The van der Waals surface area contributed by atoms with Gasteiger partial charge in [0.25, 0.3) is 0 Å². The van der Waals surface area contributed by atoms with Gasteiger partial charge in [-0.15, -0.1) is 0 Å². The predicted octanol–water partition coefficient (Wildman–Crippen LogP) is 1.49. The van der Waals surface area contributed by atoms with Crippen molar-refractivity contribution in [1.29, 1.82) is 0 Å². The van der Waals surface area contributed by atoms with Gasteiger partial charge in [-0.3, -0.25) is 0 Å². The van der Waals surface area contributed by atoms with Gasteiger partial charge in [-0.2, -0.15) is 0 Å². The zero-order chi connectivity index (χ0) is 9.80. The molecule has 0 radical (unpaired) electrons. The van der Waals surface area contributed by atoms with Gasteiger partial charge in [0.05, 0.1) is 31.5 Å². The van der Waals surface area contributed by atoms with Gasteiger partial charge in [0.1, 0.15) is 0 Å². The molecule has 3 nitrogen and oxygen atoms in total. The van der Waals surface area contributed by atoms with Crippen molar-refractivity contribution in [2.45, 2.75) is 56.8 Å². The van der Waals surface area contributed by atoms with Crippen LogP contribution in [0.4, 0.5) is 0 Å². The highest BCUT2D eigenvalue weighted by molar-refractivity contribution is 4.73. The van der Waals surface area contributed by atoms with Gasteiger partial charge >= 0.3 is 0 Å². The van der Waals surface area contributed by atoms with E-state index < -0.39 is 0 Å². The first kappa shape index (κ1) is 10.4. The first-order valence-corrected chi connectivity index (χ1v) is 5.76. The summed E-state index contributed by atoms with van der Waals surface area (Å²) in [5.74, 6) is 0. The Bertz CT molecular complexity index is 166. The molecule has 1 aliphatic heterocycles. The largest absolute Gasteiger partial charge is 0.391 e. The molecule has 2 atom stereocenters. The van der Waals surface area contributed by atoms with Crippen molar-refractivity contribution < 1.29 is 14.6 Å². The molecule has 2 fully saturated rings. The summed E-state index contributed by atoms with van der Waals surface area (Å²) in [6.07, 6.45) is 7.28. The summed E-state index contributed by atoms with van der Waals surface area (Å²) in [6.45, 7) is 1.14. The first-order valence-electron chi connectivity index (χ1n) is 5.76. The summed E-state index contributed by atoms with van der Waals surface area (Å²) in [6, 6.07) is 0. The molecular weight excluding hydrogens is 180 g/mol. The van der Waals surface area contributed by atoms with E-state index in [2.05, 4.69) is 0 Å². The molecule has 2 unspecified atom stereocenters. The van der Waals surface area contributed by atoms with Crippen molar-refractivity contribution in [3.8, 4) is 0 Å². The number of hydrogen-bond donors (Lipinski definition) is 1. The van der Waals surface area contributed by atoms with E-state index in [-0.39, 0.29) is 12.2 Å². The molecule has 2 aliphatic rings. The highest BCUT2D eigenvalue weighted by atomic mass is 16.5. The Kier molecular flexibility index (Phi) is 3.79. The van der Waals surface area contributed by atoms with E-state index in [1.807, 2.05) is 0 Å². The third kappa shape index (κ3) is 2.94. The van der Waals surface area contributed by atoms with Crippen molar-refractivity contribution in [2.24, 2.45) is 0 Å². The fourth-order valence-electron chi connectivity index (χ4n) is 2.34. The standard InChI is InChI=1S/C11H20O3/c12-9-6-11(8-13-7-9)14-10-4-2-1-3-5-10/h9-12H,1-8H2. The van der Waals surface area contributed by atoms with Crippen LogP contribution in [-0.4, -0.2) is 36.6 Å². The number of ether oxygens (including phenoxy) is 2. The van der Waals surface area contributed by atoms with Crippen LogP contribution in [0.2, 0.25) is 0 Å². The minimum absolute atomic E-state index is 0.127. The van der Waals surface area contributed by atoms with Crippen LogP contribution < -0.4 is 0 Å². The van der Waals surface area contributed by atoms with E-state index in [1.54, 1.807) is 0 Å². The van der Waals surface area contributed by atoms with Crippen molar-refractivity contribution in [2.75, 3.05) is 13.2 Å². The summed E-state index contributed by atoms with van der Waals surface area (Å²) in [4.78, 5) is 0. The molecule has 0 aromatic heterocycles. The normalized spacial score (nSPS) is 35.8. The van der Waals surface area contributed by atoms with Gasteiger partial charge in [0.2, 0.25) is 0 Å². The molecule has 14 heavy (non-hydrogen) atoms. The fourth-order valence-corrected chi connectivity index (χ4v) is 2.34. The second-order valence-electron chi connectivity index (χ2n) is 4.45. The van der Waals surface area contributed by atoms with Crippen molar-refractivity contribution in [1.82, 2.24) is 0 Å². The molecule has 0 amide bonds. The first-order chi connectivity index (χ1) is 6.84. The van der Waals surface area contributed by atoms with Crippen molar-refractivity contribution >= 4 is 0 Å². The third-order valence-corrected chi connectivity index (χ3v) is 3.09. The molecular formula is C11H20O3. The lowest BCUT2D eigenvalue weighted by Crippen LogP contribution is -2.37. The number of hydrogen-bond acceptors (Lipinski definition) is 3. The van der Waals surface area contributed by atoms with E-state index in [0.29, 0.717) is 19.3 Å². The molecule has 1 saturated carbocycles. The quantitative estimate of drug-likeness (QED) is 0.734. The highest BCUT2D eigenvalue weighted by Crippen LogP contribution is 2.23. The minimum atomic E-state index is -0.322. The molecule has 3 heteroatoms. The van der Waals surface area contributed by atoms with E-state index in [1.165, 1.54) is 32.1 Å². The lowest BCUT2D eigenvalue weighted by atomic mass is 9.97. The minimum Gasteiger partial charge on any atom is -0.391 e. The van der Waals surface area contributed by atoms with E-state index in [9.17, 15) is 5.11 Å². The lowest BCUT2D eigenvalue weighted by Gasteiger charge is -2.31. The van der Waals surface area contributed by atoms with Crippen LogP contribution in [0, 0.1) is 0 Å². The number of aliphatic hydroxyl groups is 1. The van der Waals surface area contributed by atoms with Crippen LogP contribution in [-0.2, 0) is 9.47 Å². The monoisotopic (exact) mass is 200 g/mol. The summed E-state index contributed by atoms with van der Waals surface area (Å²) < 4.78 is 11.2. The maximum absolute atomic E-state index is 9.40. The van der Waals surface area contributed by atoms with Crippen molar-refractivity contribution in [3.63, 3.8) is 0 Å². The molecule has 1 aliphatic carbocycles. The van der Waals surface area contributed by atoms with Gasteiger partial charge in [-0.1, -0.05) is 19.3 Å². The summed E-state index contributed by atoms with van der Waals surface area (Å²) >= 11 is 0. The van der Waals surface area contributed by atoms with Gasteiger partial charge in [-0.05, 0) is 12.8 Å². The second kappa shape index (κ2) is 5.10. The molecule has 82 valence electrons. The number of aliphatic hydroxyl groups excluding tert-OH is 1.